The molecule has 0 fully saturated rings. The number of benzene rings is 3. The third-order valence-corrected chi connectivity index (χ3v) is 5.25. The summed E-state index contributed by atoms with van der Waals surface area (Å²) in [6, 6.07) is 24.7. The van der Waals surface area contributed by atoms with Gasteiger partial charge in [0.2, 0.25) is 0 Å². The highest BCUT2D eigenvalue weighted by Crippen LogP contribution is 2.29. The van der Waals surface area contributed by atoms with E-state index in [0.717, 1.165) is 33.8 Å². The molecule has 0 unspecified atom stereocenters. The second-order valence-corrected chi connectivity index (χ2v) is 8.04. The number of pyridine rings is 1. The summed E-state index contributed by atoms with van der Waals surface area (Å²) in [5.74, 6) is 1.48. The average Bonchev–Trinajstić information content (AvgIpc) is 2.82. The molecule has 4 aromatic rings. The molecule has 4 rings (SSSR count). The minimum absolute atomic E-state index is 0.299. The third kappa shape index (κ3) is 6.99. The fraction of sp³-hybridized carbons (Fsp3) is 0.179. The lowest BCUT2D eigenvalue weighted by Crippen LogP contribution is -2.16. The molecule has 0 saturated heterocycles. The summed E-state index contributed by atoms with van der Waals surface area (Å²) in [5, 5.41) is 0. The first kappa shape index (κ1) is 24.1. The molecule has 0 atom stereocenters. The van der Waals surface area contributed by atoms with Crippen LogP contribution in [0.5, 0.6) is 23.0 Å². The zero-order valence-corrected chi connectivity index (χ0v) is 19.3. The Balaban J connectivity index is 1.44. The van der Waals surface area contributed by atoms with Gasteiger partial charge in [0.1, 0.15) is 29.6 Å². The molecule has 4 nitrogen and oxygen atoms in total. The standard InChI is InChI=1S/C28H24F3NO3/c1-19-16-27(33-18-22-6-4-3-5-7-22)26(20(2)32-19)17-21-8-10-23(11-9-21)34-24-12-14-25(15-13-24)35-28(29,30)31/h3-16H,17-18H2,1-2H3. The second-order valence-electron chi connectivity index (χ2n) is 8.04. The Morgan fingerprint density at radius 3 is 1.97 bits per heavy atom. The first-order valence-electron chi connectivity index (χ1n) is 11.0. The predicted octanol–water partition coefficient (Wildman–Crippen LogP) is 7.56. The van der Waals surface area contributed by atoms with Gasteiger partial charge < -0.3 is 14.2 Å². The lowest BCUT2D eigenvalue weighted by molar-refractivity contribution is -0.274. The number of aryl methyl sites for hydroxylation is 2. The zero-order valence-electron chi connectivity index (χ0n) is 19.3. The largest absolute Gasteiger partial charge is 0.573 e. The highest BCUT2D eigenvalue weighted by atomic mass is 19.4. The fourth-order valence-corrected chi connectivity index (χ4v) is 3.62. The minimum atomic E-state index is -4.73. The van der Waals surface area contributed by atoms with Crippen LogP contribution in [0, 0.1) is 13.8 Å². The second kappa shape index (κ2) is 10.5. The summed E-state index contributed by atoms with van der Waals surface area (Å²) in [6.07, 6.45) is -4.09. The maximum absolute atomic E-state index is 12.3. The molecular formula is C28H24F3NO3. The van der Waals surface area contributed by atoms with Gasteiger partial charge in [-0.3, -0.25) is 4.98 Å². The zero-order chi connectivity index (χ0) is 24.8. The van der Waals surface area contributed by atoms with Gasteiger partial charge in [0.25, 0.3) is 0 Å². The highest BCUT2D eigenvalue weighted by Gasteiger charge is 2.31. The molecule has 0 radical (unpaired) electrons. The molecule has 1 heterocycles. The van der Waals surface area contributed by atoms with E-state index in [-0.39, 0.29) is 5.75 Å². The Hall–Kier alpha value is -4.00. The summed E-state index contributed by atoms with van der Waals surface area (Å²) in [7, 11) is 0. The summed E-state index contributed by atoms with van der Waals surface area (Å²) in [5.41, 5.74) is 4.95. The normalized spacial score (nSPS) is 11.2. The molecule has 0 aliphatic rings. The van der Waals surface area contributed by atoms with E-state index in [9.17, 15) is 13.2 Å². The summed E-state index contributed by atoms with van der Waals surface area (Å²) >= 11 is 0. The van der Waals surface area contributed by atoms with Crippen LogP contribution in [0.4, 0.5) is 13.2 Å². The maximum Gasteiger partial charge on any atom is 0.573 e. The fourth-order valence-electron chi connectivity index (χ4n) is 3.62. The van der Waals surface area contributed by atoms with E-state index in [1.54, 1.807) is 0 Å². The van der Waals surface area contributed by atoms with Crippen LogP contribution in [0.1, 0.15) is 28.1 Å². The third-order valence-electron chi connectivity index (χ3n) is 5.25. The van der Waals surface area contributed by atoms with Crippen molar-refractivity contribution < 1.29 is 27.4 Å². The number of nitrogens with zero attached hydrogens (tertiary/aromatic N) is 1. The minimum Gasteiger partial charge on any atom is -0.488 e. The number of hydrogen-bond donors (Lipinski definition) is 0. The summed E-state index contributed by atoms with van der Waals surface area (Å²) < 4.78 is 52.7. The van der Waals surface area contributed by atoms with Crippen molar-refractivity contribution in [3.63, 3.8) is 0 Å². The lowest BCUT2D eigenvalue weighted by atomic mass is 10.0. The average molecular weight is 479 g/mol. The number of hydrogen-bond acceptors (Lipinski definition) is 4. The number of alkyl halides is 3. The van der Waals surface area contributed by atoms with Gasteiger partial charge in [0.05, 0.1) is 0 Å². The van der Waals surface area contributed by atoms with E-state index < -0.39 is 6.36 Å². The molecule has 0 spiro atoms. The van der Waals surface area contributed by atoms with Crippen LogP contribution in [0.15, 0.2) is 84.9 Å². The van der Waals surface area contributed by atoms with Crippen molar-refractivity contribution in [2.24, 2.45) is 0 Å². The SMILES string of the molecule is Cc1cc(OCc2ccccc2)c(Cc2ccc(Oc3ccc(OC(F)(F)F)cc3)cc2)c(C)n1. The first-order chi connectivity index (χ1) is 16.7. The lowest BCUT2D eigenvalue weighted by Gasteiger charge is -2.15. The van der Waals surface area contributed by atoms with Crippen LogP contribution in [0.25, 0.3) is 0 Å². The number of rotatable bonds is 8. The van der Waals surface area contributed by atoms with Crippen molar-refractivity contribution in [3.8, 4) is 23.0 Å². The molecule has 0 aliphatic carbocycles. The Morgan fingerprint density at radius 2 is 1.34 bits per heavy atom. The number of aromatic nitrogens is 1. The molecular weight excluding hydrogens is 455 g/mol. The van der Waals surface area contributed by atoms with E-state index in [1.165, 1.54) is 24.3 Å². The van der Waals surface area contributed by atoms with Crippen LogP contribution >= 0.6 is 0 Å². The quantitative estimate of drug-likeness (QED) is 0.261. The van der Waals surface area contributed by atoms with Crippen LogP contribution < -0.4 is 14.2 Å². The smallest absolute Gasteiger partial charge is 0.488 e. The van der Waals surface area contributed by atoms with Crippen LogP contribution in [-0.4, -0.2) is 11.3 Å². The van der Waals surface area contributed by atoms with Crippen molar-refractivity contribution in [2.45, 2.75) is 33.2 Å². The van der Waals surface area contributed by atoms with Crippen LogP contribution in [0.2, 0.25) is 0 Å². The van der Waals surface area contributed by atoms with Gasteiger partial charge in [0.15, 0.2) is 0 Å². The number of halogens is 3. The molecule has 0 saturated carbocycles. The van der Waals surface area contributed by atoms with E-state index in [0.29, 0.717) is 24.5 Å². The molecule has 0 amide bonds. The molecule has 35 heavy (non-hydrogen) atoms. The molecule has 0 bridgehead atoms. The molecule has 180 valence electrons. The van der Waals surface area contributed by atoms with Gasteiger partial charge in [0, 0.05) is 29.4 Å². The molecule has 3 aromatic carbocycles. The summed E-state index contributed by atoms with van der Waals surface area (Å²) in [6.45, 7) is 4.39. The van der Waals surface area contributed by atoms with Gasteiger partial charge in [-0.1, -0.05) is 42.5 Å². The summed E-state index contributed by atoms with van der Waals surface area (Å²) in [4.78, 5) is 4.60. The molecule has 1 aromatic heterocycles. The Morgan fingerprint density at radius 1 is 0.743 bits per heavy atom. The van der Waals surface area contributed by atoms with Crippen molar-refractivity contribution in [1.82, 2.24) is 4.98 Å². The van der Waals surface area contributed by atoms with Crippen LogP contribution in [-0.2, 0) is 13.0 Å². The molecule has 0 aliphatic heterocycles. The van der Waals surface area contributed by atoms with Crippen molar-refractivity contribution in [3.05, 3.63) is 113 Å². The Kier molecular flexibility index (Phi) is 7.25. The molecule has 7 heteroatoms. The van der Waals surface area contributed by atoms with E-state index >= 15 is 0 Å². The van der Waals surface area contributed by atoms with Crippen molar-refractivity contribution in [1.29, 1.82) is 0 Å². The molecule has 0 N–H and O–H groups in total. The van der Waals surface area contributed by atoms with Gasteiger partial charge in [-0.25, -0.2) is 0 Å². The maximum atomic E-state index is 12.3. The Labute approximate surface area is 201 Å². The monoisotopic (exact) mass is 479 g/mol. The first-order valence-corrected chi connectivity index (χ1v) is 11.0. The van der Waals surface area contributed by atoms with Gasteiger partial charge in [-0.05, 0) is 61.4 Å². The van der Waals surface area contributed by atoms with Gasteiger partial charge >= 0.3 is 6.36 Å². The van der Waals surface area contributed by atoms with Crippen molar-refractivity contribution >= 4 is 0 Å². The predicted molar refractivity (Wildman–Crippen MR) is 127 cm³/mol. The van der Waals surface area contributed by atoms with Crippen LogP contribution in [0.3, 0.4) is 0 Å². The van der Waals surface area contributed by atoms with E-state index in [4.69, 9.17) is 9.47 Å². The van der Waals surface area contributed by atoms with E-state index in [2.05, 4.69) is 9.72 Å². The number of ether oxygens (including phenoxy) is 3. The van der Waals surface area contributed by atoms with Crippen molar-refractivity contribution in [2.75, 3.05) is 0 Å². The van der Waals surface area contributed by atoms with E-state index in [1.807, 2.05) is 74.5 Å². The van der Waals surface area contributed by atoms with Gasteiger partial charge in [-0.2, -0.15) is 0 Å². The highest BCUT2D eigenvalue weighted by molar-refractivity contribution is 5.43. The Bertz CT molecular complexity index is 1260. The van der Waals surface area contributed by atoms with Gasteiger partial charge in [-0.15, -0.1) is 13.2 Å². The topological polar surface area (TPSA) is 40.6 Å².